The fourth-order valence-corrected chi connectivity index (χ4v) is 3.62. The second-order valence-electron chi connectivity index (χ2n) is 7.18. The maximum atomic E-state index is 6.54. The van der Waals surface area contributed by atoms with E-state index in [4.69, 9.17) is 17.3 Å². The van der Waals surface area contributed by atoms with Gasteiger partial charge in [-0.1, -0.05) is 109 Å². The third-order valence-corrected chi connectivity index (χ3v) is 5.16. The van der Waals surface area contributed by atoms with Gasteiger partial charge in [-0.3, -0.25) is 0 Å². The highest BCUT2D eigenvalue weighted by Gasteiger charge is 2.18. The van der Waals surface area contributed by atoms with E-state index < -0.39 is 0 Å². The number of aromatic nitrogens is 2. The van der Waals surface area contributed by atoms with E-state index in [9.17, 15) is 0 Å². The molecule has 0 saturated heterocycles. The van der Waals surface area contributed by atoms with Gasteiger partial charge in [0.25, 0.3) is 0 Å². The number of nitrogens with zero attached hydrogens (tertiary/aromatic N) is 3. The molecule has 0 unspecified atom stereocenters. The molecule has 154 valence electrons. The van der Waals surface area contributed by atoms with E-state index in [-0.39, 0.29) is 5.95 Å². The maximum Gasteiger partial charge on any atom is 0.223 e. The zero-order chi connectivity index (χ0) is 21.5. The van der Waals surface area contributed by atoms with Crippen LogP contribution in [0.4, 0.5) is 11.8 Å². The molecule has 0 radical (unpaired) electrons. The Hall–Kier alpha value is -3.63. The predicted octanol–water partition coefficient (Wildman–Crippen LogP) is 6.09. The van der Waals surface area contributed by atoms with Crippen molar-refractivity contribution in [2.75, 3.05) is 10.6 Å². The monoisotopic (exact) mass is 426 g/mol. The van der Waals surface area contributed by atoms with Crippen LogP contribution in [0.25, 0.3) is 12.2 Å². The van der Waals surface area contributed by atoms with Crippen LogP contribution in [0.3, 0.4) is 0 Å². The summed E-state index contributed by atoms with van der Waals surface area (Å²) < 4.78 is 0. The highest BCUT2D eigenvalue weighted by Crippen LogP contribution is 2.30. The van der Waals surface area contributed by atoms with Gasteiger partial charge in [0, 0.05) is 13.1 Å². The van der Waals surface area contributed by atoms with Gasteiger partial charge in [0.05, 0.1) is 5.56 Å². The molecule has 0 amide bonds. The van der Waals surface area contributed by atoms with Crippen LogP contribution in [0.1, 0.15) is 22.3 Å². The van der Waals surface area contributed by atoms with Gasteiger partial charge >= 0.3 is 0 Å². The van der Waals surface area contributed by atoms with Crippen LogP contribution in [0.5, 0.6) is 0 Å². The number of anilines is 2. The van der Waals surface area contributed by atoms with Gasteiger partial charge in [0.15, 0.2) is 0 Å². The number of hydrogen-bond acceptors (Lipinski definition) is 4. The molecule has 3 aromatic carbocycles. The van der Waals surface area contributed by atoms with E-state index >= 15 is 0 Å². The molecule has 0 aliphatic heterocycles. The Bertz CT molecular complexity index is 1100. The van der Waals surface area contributed by atoms with Crippen LogP contribution >= 0.6 is 11.6 Å². The van der Waals surface area contributed by atoms with Crippen molar-refractivity contribution in [3.05, 3.63) is 118 Å². The fourth-order valence-electron chi connectivity index (χ4n) is 3.39. The Morgan fingerprint density at radius 1 is 0.710 bits per heavy atom. The first-order valence-electron chi connectivity index (χ1n) is 10.1. The summed E-state index contributed by atoms with van der Waals surface area (Å²) in [5.41, 5.74) is 10.2. The minimum atomic E-state index is 0.156. The lowest BCUT2D eigenvalue weighted by Crippen LogP contribution is -2.25. The highest BCUT2D eigenvalue weighted by molar-refractivity contribution is 6.31. The molecule has 4 aromatic rings. The average Bonchev–Trinajstić information content (AvgIpc) is 2.80. The summed E-state index contributed by atoms with van der Waals surface area (Å²) in [5, 5.41) is 0.334. The average molecular weight is 427 g/mol. The Balaban J connectivity index is 1.76. The van der Waals surface area contributed by atoms with E-state index in [1.807, 2.05) is 78.9 Å². The summed E-state index contributed by atoms with van der Waals surface area (Å²) in [7, 11) is 0. The molecule has 0 atom stereocenters. The van der Waals surface area contributed by atoms with E-state index in [1.54, 1.807) is 0 Å². The predicted molar refractivity (Wildman–Crippen MR) is 130 cm³/mol. The van der Waals surface area contributed by atoms with Crippen molar-refractivity contribution in [2.45, 2.75) is 13.1 Å². The minimum absolute atomic E-state index is 0.156. The van der Waals surface area contributed by atoms with Crippen LogP contribution in [0.15, 0.2) is 91.0 Å². The summed E-state index contributed by atoms with van der Waals surface area (Å²) >= 11 is 6.54. The van der Waals surface area contributed by atoms with Crippen LogP contribution in [0.2, 0.25) is 5.15 Å². The van der Waals surface area contributed by atoms with Gasteiger partial charge in [0.2, 0.25) is 5.95 Å². The van der Waals surface area contributed by atoms with Crippen LogP contribution < -0.4 is 10.6 Å². The molecule has 2 N–H and O–H groups in total. The van der Waals surface area contributed by atoms with E-state index in [0.717, 1.165) is 11.1 Å². The first-order valence-corrected chi connectivity index (χ1v) is 10.5. The molecule has 1 aromatic heterocycles. The molecule has 1 heterocycles. The van der Waals surface area contributed by atoms with Gasteiger partial charge in [-0.05, 0) is 22.8 Å². The minimum Gasteiger partial charge on any atom is -0.368 e. The van der Waals surface area contributed by atoms with Crippen LogP contribution in [-0.2, 0) is 13.1 Å². The SMILES string of the molecule is Nc1nc(Cl)c(/C=C/c2ccccc2)c(N(Cc2ccccc2)Cc2ccccc2)n1. The molecule has 0 fully saturated rings. The quantitative estimate of drug-likeness (QED) is 0.363. The van der Waals surface area contributed by atoms with E-state index in [1.165, 1.54) is 11.1 Å². The van der Waals surface area contributed by atoms with Gasteiger partial charge in [-0.25, -0.2) is 4.98 Å². The molecule has 0 spiro atoms. The van der Waals surface area contributed by atoms with Crippen LogP contribution in [0, 0.1) is 0 Å². The second-order valence-corrected chi connectivity index (χ2v) is 7.54. The highest BCUT2D eigenvalue weighted by atomic mass is 35.5. The van der Waals surface area contributed by atoms with Gasteiger partial charge in [-0.2, -0.15) is 4.98 Å². The van der Waals surface area contributed by atoms with Crippen molar-refractivity contribution in [3.8, 4) is 0 Å². The molecule has 4 nitrogen and oxygen atoms in total. The number of nitrogen functional groups attached to an aromatic ring is 1. The first kappa shape index (κ1) is 20.6. The third-order valence-electron chi connectivity index (χ3n) is 4.87. The summed E-state index contributed by atoms with van der Waals surface area (Å²) in [5.74, 6) is 0.861. The van der Waals surface area contributed by atoms with Gasteiger partial charge in [0.1, 0.15) is 11.0 Å². The molecule has 0 bridgehead atoms. The smallest absolute Gasteiger partial charge is 0.223 e. The largest absolute Gasteiger partial charge is 0.368 e. The van der Waals surface area contributed by atoms with Crippen molar-refractivity contribution in [1.82, 2.24) is 9.97 Å². The lowest BCUT2D eigenvalue weighted by atomic mass is 10.1. The normalized spacial score (nSPS) is 11.0. The number of hydrogen-bond donors (Lipinski definition) is 1. The maximum absolute atomic E-state index is 6.54. The molecular formula is C26H23ClN4. The molecule has 5 heteroatoms. The molecule has 0 aliphatic rings. The van der Waals surface area contributed by atoms with E-state index in [0.29, 0.717) is 24.1 Å². The number of halogens is 1. The van der Waals surface area contributed by atoms with Crippen molar-refractivity contribution in [3.63, 3.8) is 0 Å². The standard InChI is InChI=1S/C26H23ClN4/c27-24-23(17-16-20-10-4-1-5-11-20)25(30-26(28)29-24)31(18-21-12-6-2-7-13-21)19-22-14-8-3-9-15-22/h1-17H,18-19H2,(H2,28,29,30)/b17-16+. The zero-order valence-corrected chi connectivity index (χ0v) is 17.8. The Kier molecular flexibility index (Phi) is 6.60. The summed E-state index contributed by atoms with van der Waals surface area (Å²) in [6, 6.07) is 30.6. The lowest BCUT2D eigenvalue weighted by molar-refractivity contribution is 0.780. The lowest BCUT2D eigenvalue weighted by Gasteiger charge is -2.26. The molecule has 31 heavy (non-hydrogen) atoms. The van der Waals surface area contributed by atoms with Gasteiger partial charge < -0.3 is 10.6 Å². The first-order chi connectivity index (χ1) is 15.2. The Labute approximate surface area is 187 Å². The van der Waals surface area contributed by atoms with Crippen molar-refractivity contribution in [1.29, 1.82) is 0 Å². The topological polar surface area (TPSA) is 55.0 Å². The van der Waals surface area contributed by atoms with Gasteiger partial charge in [-0.15, -0.1) is 0 Å². The fraction of sp³-hybridized carbons (Fsp3) is 0.0769. The zero-order valence-electron chi connectivity index (χ0n) is 17.0. The van der Waals surface area contributed by atoms with Crippen molar-refractivity contribution >= 4 is 35.5 Å². The summed E-state index contributed by atoms with van der Waals surface area (Å²) in [4.78, 5) is 11.0. The second kappa shape index (κ2) is 9.92. The number of rotatable bonds is 7. The van der Waals surface area contributed by atoms with Crippen LogP contribution in [-0.4, -0.2) is 9.97 Å². The molecule has 0 saturated carbocycles. The number of benzene rings is 3. The Morgan fingerprint density at radius 2 is 1.23 bits per heavy atom. The van der Waals surface area contributed by atoms with Crippen molar-refractivity contribution in [2.24, 2.45) is 0 Å². The summed E-state index contributed by atoms with van der Waals surface area (Å²) in [6.45, 7) is 1.32. The van der Waals surface area contributed by atoms with Crippen molar-refractivity contribution < 1.29 is 0 Å². The molecule has 4 rings (SSSR count). The number of nitrogens with two attached hydrogens (primary N) is 1. The summed E-state index contributed by atoms with van der Waals surface area (Å²) in [6.07, 6.45) is 3.96. The third kappa shape index (κ3) is 5.50. The Morgan fingerprint density at radius 3 is 1.77 bits per heavy atom. The molecule has 0 aliphatic carbocycles. The molecular weight excluding hydrogens is 404 g/mol. The van der Waals surface area contributed by atoms with E-state index in [2.05, 4.69) is 39.1 Å².